The van der Waals surface area contributed by atoms with Crippen LogP contribution in [0.25, 0.3) is 11.1 Å². The quantitative estimate of drug-likeness (QED) is 0.604. The second kappa shape index (κ2) is 10.5. The van der Waals surface area contributed by atoms with Gasteiger partial charge in [0.1, 0.15) is 12.6 Å². The standard InChI is InChI=1S/C28H34N2O5/c1-17(2)24(15-25(31)30-14-8-9-18(3)26(30)27(32)33)29-28(34)35-16-23-21-12-6-4-10-19(21)20-11-5-7-13-22(20)23/h4-7,10-13,17-18,23-24,26H,8-9,14-16H2,1-3H3,(H,29,34)(H,32,33). The van der Waals surface area contributed by atoms with Crippen molar-refractivity contribution in [2.45, 2.75) is 58.0 Å². The number of likely N-dealkylation sites (tertiary alicyclic amines) is 1. The predicted octanol–water partition coefficient (Wildman–Crippen LogP) is 4.65. The normalized spacial score (nSPS) is 20.2. The van der Waals surface area contributed by atoms with Gasteiger partial charge in [-0.05, 0) is 46.9 Å². The van der Waals surface area contributed by atoms with E-state index in [0.717, 1.165) is 35.1 Å². The summed E-state index contributed by atoms with van der Waals surface area (Å²) in [6.07, 6.45) is 1.04. The van der Waals surface area contributed by atoms with Gasteiger partial charge in [-0.3, -0.25) is 4.79 Å². The number of carbonyl (C=O) groups is 3. The molecule has 35 heavy (non-hydrogen) atoms. The summed E-state index contributed by atoms with van der Waals surface area (Å²) in [5.41, 5.74) is 4.59. The number of carboxylic acids is 1. The van der Waals surface area contributed by atoms with E-state index in [0.29, 0.717) is 6.54 Å². The second-order valence-electron chi connectivity index (χ2n) is 10.0. The molecule has 7 heteroatoms. The summed E-state index contributed by atoms with van der Waals surface area (Å²) in [5, 5.41) is 12.5. The van der Waals surface area contributed by atoms with Crippen LogP contribution in [0.5, 0.6) is 0 Å². The van der Waals surface area contributed by atoms with Crippen LogP contribution in [0, 0.1) is 11.8 Å². The van der Waals surface area contributed by atoms with Gasteiger partial charge in [0.25, 0.3) is 0 Å². The SMILES string of the molecule is CC(C)C(CC(=O)N1CCCC(C)C1C(=O)O)NC(=O)OCC1c2ccccc2-c2ccccc21. The summed E-state index contributed by atoms with van der Waals surface area (Å²) in [5.74, 6) is -1.39. The fourth-order valence-corrected chi connectivity index (χ4v) is 5.39. The van der Waals surface area contributed by atoms with Crippen molar-refractivity contribution in [1.82, 2.24) is 10.2 Å². The van der Waals surface area contributed by atoms with Crippen LogP contribution in [0.1, 0.15) is 57.1 Å². The summed E-state index contributed by atoms with van der Waals surface area (Å²) >= 11 is 0. The Morgan fingerprint density at radius 1 is 1.06 bits per heavy atom. The number of hydrogen-bond acceptors (Lipinski definition) is 4. The number of ether oxygens (including phenoxy) is 1. The summed E-state index contributed by atoms with van der Waals surface area (Å²) in [7, 11) is 0. The topological polar surface area (TPSA) is 95.9 Å². The molecule has 0 aromatic heterocycles. The van der Waals surface area contributed by atoms with Gasteiger partial charge in [-0.25, -0.2) is 9.59 Å². The number of fused-ring (bicyclic) bond motifs is 3. The summed E-state index contributed by atoms with van der Waals surface area (Å²) in [6.45, 7) is 6.34. The number of amides is 2. The third kappa shape index (κ3) is 5.19. The molecule has 2 amide bonds. The third-order valence-corrected chi connectivity index (χ3v) is 7.35. The number of carbonyl (C=O) groups excluding carboxylic acids is 2. The maximum atomic E-state index is 13.1. The van der Waals surface area contributed by atoms with Gasteiger partial charge in [0.05, 0.1) is 0 Å². The maximum Gasteiger partial charge on any atom is 0.407 e. The predicted molar refractivity (Wildman–Crippen MR) is 133 cm³/mol. The summed E-state index contributed by atoms with van der Waals surface area (Å²) < 4.78 is 5.65. The maximum absolute atomic E-state index is 13.1. The first-order valence-corrected chi connectivity index (χ1v) is 12.4. The van der Waals surface area contributed by atoms with E-state index in [2.05, 4.69) is 29.6 Å². The van der Waals surface area contributed by atoms with E-state index in [1.54, 1.807) is 0 Å². The van der Waals surface area contributed by atoms with E-state index in [-0.39, 0.29) is 36.7 Å². The Hall–Kier alpha value is -3.35. The van der Waals surface area contributed by atoms with Crippen LogP contribution in [-0.4, -0.2) is 53.2 Å². The molecule has 2 aromatic carbocycles. The Morgan fingerprint density at radius 2 is 1.66 bits per heavy atom. The molecule has 3 unspecified atom stereocenters. The zero-order valence-corrected chi connectivity index (χ0v) is 20.6. The van der Waals surface area contributed by atoms with Gasteiger partial charge < -0.3 is 20.1 Å². The number of aliphatic carboxylic acids is 1. The Kier molecular flexibility index (Phi) is 7.43. The van der Waals surface area contributed by atoms with Crippen LogP contribution in [0.2, 0.25) is 0 Å². The Bertz CT molecular complexity index is 1050. The number of alkyl carbamates (subject to hydrolysis) is 1. The van der Waals surface area contributed by atoms with E-state index in [1.807, 2.05) is 45.0 Å². The monoisotopic (exact) mass is 478 g/mol. The minimum Gasteiger partial charge on any atom is -0.480 e. The first kappa shape index (κ1) is 24.8. The lowest BCUT2D eigenvalue weighted by molar-refractivity contribution is -0.155. The van der Waals surface area contributed by atoms with E-state index in [9.17, 15) is 19.5 Å². The number of carboxylic acid groups (broad SMARTS) is 1. The van der Waals surface area contributed by atoms with Gasteiger partial charge in [-0.1, -0.05) is 69.3 Å². The van der Waals surface area contributed by atoms with Crippen molar-refractivity contribution in [2.75, 3.05) is 13.2 Å². The average molecular weight is 479 g/mol. The van der Waals surface area contributed by atoms with E-state index >= 15 is 0 Å². The molecule has 0 spiro atoms. The molecule has 1 aliphatic carbocycles. The van der Waals surface area contributed by atoms with Crippen molar-refractivity contribution in [1.29, 1.82) is 0 Å². The smallest absolute Gasteiger partial charge is 0.407 e. The van der Waals surface area contributed by atoms with Crippen molar-refractivity contribution >= 4 is 18.0 Å². The molecule has 2 aliphatic rings. The van der Waals surface area contributed by atoms with Crippen molar-refractivity contribution < 1.29 is 24.2 Å². The van der Waals surface area contributed by atoms with Crippen LogP contribution in [-0.2, 0) is 14.3 Å². The number of benzene rings is 2. The van der Waals surface area contributed by atoms with Gasteiger partial charge in [0.2, 0.25) is 5.91 Å². The summed E-state index contributed by atoms with van der Waals surface area (Å²) in [6, 6.07) is 15.0. The Labute approximate surface area is 206 Å². The van der Waals surface area contributed by atoms with Crippen LogP contribution in [0.3, 0.4) is 0 Å². The van der Waals surface area contributed by atoms with Crippen LogP contribution < -0.4 is 5.32 Å². The number of hydrogen-bond donors (Lipinski definition) is 2. The van der Waals surface area contributed by atoms with Crippen LogP contribution in [0.15, 0.2) is 48.5 Å². The molecular weight excluding hydrogens is 444 g/mol. The minimum atomic E-state index is -0.976. The minimum absolute atomic E-state index is 0.0232. The van der Waals surface area contributed by atoms with Gasteiger partial charge in [0, 0.05) is 24.9 Å². The number of rotatable bonds is 7. The zero-order valence-electron chi connectivity index (χ0n) is 20.6. The second-order valence-corrected chi connectivity index (χ2v) is 10.0. The zero-order chi connectivity index (χ0) is 25.1. The van der Waals surface area contributed by atoms with Gasteiger partial charge >= 0.3 is 12.1 Å². The molecule has 0 radical (unpaired) electrons. The first-order chi connectivity index (χ1) is 16.8. The molecule has 2 N–H and O–H groups in total. The fourth-order valence-electron chi connectivity index (χ4n) is 5.39. The highest BCUT2D eigenvalue weighted by atomic mass is 16.5. The van der Waals surface area contributed by atoms with Gasteiger partial charge in [-0.15, -0.1) is 0 Å². The number of piperidine rings is 1. The highest BCUT2D eigenvalue weighted by Crippen LogP contribution is 2.44. The largest absolute Gasteiger partial charge is 0.480 e. The molecular formula is C28H34N2O5. The molecule has 186 valence electrons. The van der Waals surface area contributed by atoms with Crippen LogP contribution >= 0.6 is 0 Å². The lowest BCUT2D eigenvalue weighted by Gasteiger charge is -2.38. The molecule has 0 saturated carbocycles. The molecule has 4 rings (SSSR count). The summed E-state index contributed by atoms with van der Waals surface area (Å²) in [4.78, 5) is 39.1. The molecule has 0 bridgehead atoms. The third-order valence-electron chi connectivity index (χ3n) is 7.35. The molecule has 2 aromatic rings. The van der Waals surface area contributed by atoms with Gasteiger partial charge in [0.15, 0.2) is 0 Å². The highest BCUT2D eigenvalue weighted by molar-refractivity contribution is 5.85. The number of nitrogens with one attached hydrogen (secondary N) is 1. The van der Waals surface area contributed by atoms with Crippen molar-refractivity contribution in [3.63, 3.8) is 0 Å². The molecule has 1 aliphatic heterocycles. The van der Waals surface area contributed by atoms with Crippen molar-refractivity contribution in [3.8, 4) is 11.1 Å². The van der Waals surface area contributed by atoms with E-state index in [4.69, 9.17) is 4.74 Å². The van der Waals surface area contributed by atoms with E-state index < -0.39 is 24.1 Å². The molecule has 3 atom stereocenters. The van der Waals surface area contributed by atoms with Gasteiger partial charge in [-0.2, -0.15) is 0 Å². The lowest BCUT2D eigenvalue weighted by atomic mass is 9.90. The first-order valence-electron chi connectivity index (χ1n) is 12.4. The van der Waals surface area contributed by atoms with Crippen molar-refractivity contribution in [3.05, 3.63) is 59.7 Å². The molecule has 1 heterocycles. The molecule has 1 fully saturated rings. The van der Waals surface area contributed by atoms with Crippen LogP contribution in [0.4, 0.5) is 4.79 Å². The fraction of sp³-hybridized carbons (Fsp3) is 0.464. The lowest BCUT2D eigenvalue weighted by Crippen LogP contribution is -2.53. The van der Waals surface area contributed by atoms with Crippen molar-refractivity contribution in [2.24, 2.45) is 11.8 Å². The van der Waals surface area contributed by atoms with E-state index in [1.165, 1.54) is 4.90 Å². The Balaban J connectivity index is 1.39. The molecule has 7 nitrogen and oxygen atoms in total. The highest BCUT2D eigenvalue weighted by Gasteiger charge is 2.38. The Morgan fingerprint density at radius 3 is 2.23 bits per heavy atom. The molecule has 1 saturated heterocycles. The number of nitrogens with zero attached hydrogens (tertiary/aromatic N) is 1. The average Bonchev–Trinajstić information content (AvgIpc) is 3.15.